The fourth-order valence-corrected chi connectivity index (χ4v) is 3.60. The molecule has 2 fully saturated rings. The molecule has 0 bridgehead atoms. The van der Waals surface area contributed by atoms with Crippen molar-refractivity contribution in [1.82, 2.24) is 4.90 Å². The molecule has 2 aliphatic rings. The van der Waals surface area contributed by atoms with Crippen LogP contribution < -0.4 is 0 Å². The van der Waals surface area contributed by atoms with Crippen molar-refractivity contribution in [3.8, 4) is 6.07 Å². The zero-order chi connectivity index (χ0) is 15.5. The first-order chi connectivity index (χ1) is 9.87. The molecule has 118 valence electrons. The molecule has 0 aromatic carbocycles. The molecule has 1 heterocycles. The maximum Gasteiger partial charge on any atom is 0.327 e. The summed E-state index contributed by atoms with van der Waals surface area (Å²) in [4.78, 5) is 15.2. The molecule has 4 nitrogen and oxygen atoms in total. The van der Waals surface area contributed by atoms with Crippen LogP contribution in [0.3, 0.4) is 0 Å². The van der Waals surface area contributed by atoms with Crippen LogP contribution in [0.2, 0.25) is 0 Å². The molecule has 1 saturated heterocycles. The highest BCUT2D eigenvalue weighted by atomic mass is 16.6. The monoisotopic (exact) mass is 292 g/mol. The van der Waals surface area contributed by atoms with Crippen molar-refractivity contribution >= 4 is 5.97 Å². The highest BCUT2D eigenvalue weighted by molar-refractivity contribution is 5.81. The fraction of sp³-hybridized carbons (Fsp3) is 0.882. The molecule has 4 heteroatoms. The molecule has 1 aliphatic carbocycles. The van der Waals surface area contributed by atoms with Gasteiger partial charge in [0.15, 0.2) is 0 Å². The average molecular weight is 292 g/mol. The van der Waals surface area contributed by atoms with Gasteiger partial charge in [-0.3, -0.25) is 9.69 Å². The smallest absolute Gasteiger partial charge is 0.327 e. The van der Waals surface area contributed by atoms with E-state index in [0.29, 0.717) is 0 Å². The van der Waals surface area contributed by atoms with Crippen LogP contribution in [0.4, 0.5) is 0 Å². The standard InChI is InChI=1S/C17H28N2O2/c1-16(2,3)21-15(20)17(9-5-4-6-10-17)19-11-7-14(13-18)8-12-19/h14H,4-12H2,1-3H3. The highest BCUT2D eigenvalue weighted by Gasteiger charge is 2.47. The third-order valence-electron chi connectivity index (χ3n) is 4.74. The SMILES string of the molecule is CC(C)(C)OC(=O)C1(N2CCC(C#N)CC2)CCCCC1. The van der Waals surface area contributed by atoms with Gasteiger partial charge in [-0.25, -0.2) is 0 Å². The van der Waals surface area contributed by atoms with Gasteiger partial charge in [0.25, 0.3) is 0 Å². The van der Waals surface area contributed by atoms with Crippen LogP contribution in [0.15, 0.2) is 0 Å². The summed E-state index contributed by atoms with van der Waals surface area (Å²) in [6.07, 6.45) is 6.95. The number of nitriles is 1. The van der Waals surface area contributed by atoms with Crippen LogP contribution in [0.1, 0.15) is 65.7 Å². The summed E-state index contributed by atoms with van der Waals surface area (Å²) in [6, 6.07) is 2.36. The number of carbonyl (C=O) groups is 1. The molecule has 0 radical (unpaired) electrons. The number of hydrogen-bond acceptors (Lipinski definition) is 4. The molecule has 1 aliphatic heterocycles. The van der Waals surface area contributed by atoms with Crippen molar-refractivity contribution in [3.05, 3.63) is 0 Å². The Balaban J connectivity index is 2.14. The molecule has 0 amide bonds. The van der Waals surface area contributed by atoms with Gasteiger partial charge in [0.2, 0.25) is 0 Å². The number of piperidine rings is 1. The Morgan fingerprint density at radius 1 is 1.19 bits per heavy atom. The van der Waals surface area contributed by atoms with Crippen LogP contribution in [0.25, 0.3) is 0 Å². The third kappa shape index (κ3) is 3.77. The Morgan fingerprint density at radius 2 is 1.76 bits per heavy atom. The maximum absolute atomic E-state index is 12.9. The van der Waals surface area contributed by atoms with E-state index in [4.69, 9.17) is 10.00 Å². The van der Waals surface area contributed by atoms with Crippen molar-refractivity contribution in [1.29, 1.82) is 5.26 Å². The molecule has 0 N–H and O–H groups in total. The lowest BCUT2D eigenvalue weighted by Gasteiger charge is -2.47. The summed E-state index contributed by atoms with van der Waals surface area (Å²) in [5.41, 5.74) is -0.877. The number of rotatable bonds is 2. The quantitative estimate of drug-likeness (QED) is 0.733. The number of ether oxygens (including phenoxy) is 1. The Morgan fingerprint density at radius 3 is 2.24 bits per heavy atom. The van der Waals surface area contributed by atoms with Gasteiger partial charge in [0.1, 0.15) is 11.1 Å². The molecule has 21 heavy (non-hydrogen) atoms. The third-order valence-corrected chi connectivity index (χ3v) is 4.74. The van der Waals surface area contributed by atoms with E-state index in [-0.39, 0.29) is 11.9 Å². The van der Waals surface area contributed by atoms with Gasteiger partial charge in [-0.2, -0.15) is 5.26 Å². The van der Waals surface area contributed by atoms with E-state index in [0.717, 1.165) is 51.6 Å². The van der Waals surface area contributed by atoms with E-state index in [9.17, 15) is 4.79 Å². The summed E-state index contributed by atoms with van der Waals surface area (Å²) < 4.78 is 5.74. The number of hydrogen-bond donors (Lipinski definition) is 0. The van der Waals surface area contributed by atoms with Crippen molar-refractivity contribution in [3.63, 3.8) is 0 Å². The minimum absolute atomic E-state index is 0.0508. The normalized spacial score (nSPS) is 24.3. The van der Waals surface area contributed by atoms with Crippen molar-refractivity contribution < 1.29 is 9.53 Å². The van der Waals surface area contributed by atoms with E-state index in [1.165, 1.54) is 6.42 Å². The summed E-state index contributed by atoms with van der Waals surface area (Å²) in [5, 5.41) is 9.05. The Hall–Kier alpha value is -1.08. The maximum atomic E-state index is 12.9. The zero-order valence-corrected chi connectivity index (χ0v) is 13.7. The second-order valence-electron chi connectivity index (χ2n) is 7.48. The summed E-state index contributed by atoms with van der Waals surface area (Å²) in [6.45, 7) is 7.49. The molecule has 0 aromatic rings. The number of esters is 1. The zero-order valence-electron chi connectivity index (χ0n) is 13.7. The van der Waals surface area contributed by atoms with Crippen LogP contribution in [0.5, 0.6) is 0 Å². The average Bonchev–Trinajstić information content (AvgIpc) is 2.46. The largest absolute Gasteiger partial charge is 0.459 e. The van der Waals surface area contributed by atoms with Gasteiger partial charge in [0.05, 0.1) is 6.07 Å². The minimum atomic E-state index is -0.439. The van der Waals surface area contributed by atoms with E-state index >= 15 is 0 Å². The van der Waals surface area contributed by atoms with Crippen molar-refractivity contribution in [2.45, 2.75) is 76.9 Å². The predicted octanol–water partition coefficient (Wildman–Crippen LogP) is 3.27. The minimum Gasteiger partial charge on any atom is -0.459 e. The first-order valence-corrected chi connectivity index (χ1v) is 8.25. The number of likely N-dealkylation sites (tertiary alicyclic amines) is 1. The molecule has 0 atom stereocenters. The first kappa shape index (κ1) is 16.3. The lowest BCUT2D eigenvalue weighted by Crippen LogP contribution is -2.59. The van der Waals surface area contributed by atoms with Crippen LogP contribution >= 0.6 is 0 Å². The lowest BCUT2D eigenvalue weighted by molar-refractivity contribution is -0.174. The van der Waals surface area contributed by atoms with Gasteiger partial charge in [-0.05, 0) is 46.5 Å². The Bertz CT molecular complexity index is 405. The van der Waals surface area contributed by atoms with E-state index in [1.54, 1.807) is 0 Å². The fourth-order valence-electron chi connectivity index (χ4n) is 3.60. The molecule has 0 unspecified atom stereocenters. The van der Waals surface area contributed by atoms with Crippen LogP contribution in [-0.2, 0) is 9.53 Å². The van der Waals surface area contributed by atoms with Gasteiger partial charge < -0.3 is 4.74 Å². The second-order valence-corrected chi connectivity index (χ2v) is 7.48. The van der Waals surface area contributed by atoms with E-state index in [1.807, 2.05) is 20.8 Å². The Kier molecular flexibility index (Phi) is 4.93. The number of carbonyl (C=O) groups excluding carboxylic acids is 1. The lowest BCUT2D eigenvalue weighted by atomic mass is 9.78. The molecule has 1 saturated carbocycles. The van der Waals surface area contributed by atoms with Crippen molar-refractivity contribution in [2.75, 3.05) is 13.1 Å². The van der Waals surface area contributed by atoms with Gasteiger partial charge in [0, 0.05) is 19.0 Å². The predicted molar refractivity (Wildman–Crippen MR) is 81.6 cm³/mol. The first-order valence-electron chi connectivity index (χ1n) is 8.25. The van der Waals surface area contributed by atoms with Gasteiger partial charge >= 0.3 is 5.97 Å². The molecular weight excluding hydrogens is 264 g/mol. The van der Waals surface area contributed by atoms with E-state index < -0.39 is 11.1 Å². The topological polar surface area (TPSA) is 53.3 Å². The molecule has 0 aromatic heterocycles. The summed E-state index contributed by atoms with van der Waals surface area (Å²) >= 11 is 0. The summed E-state index contributed by atoms with van der Waals surface area (Å²) in [5.74, 6) is 0.102. The molecule has 2 rings (SSSR count). The van der Waals surface area contributed by atoms with E-state index in [2.05, 4.69) is 11.0 Å². The summed E-state index contributed by atoms with van der Waals surface area (Å²) in [7, 11) is 0. The van der Waals surface area contributed by atoms with Crippen molar-refractivity contribution in [2.24, 2.45) is 5.92 Å². The van der Waals surface area contributed by atoms with Gasteiger partial charge in [-0.1, -0.05) is 19.3 Å². The molecular formula is C17H28N2O2. The molecule has 0 spiro atoms. The highest BCUT2D eigenvalue weighted by Crippen LogP contribution is 2.38. The van der Waals surface area contributed by atoms with Crippen LogP contribution in [-0.4, -0.2) is 35.1 Å². The number of nitrogens with zero attached hydrogens (tertiary/aromatic N) is 2. The van der Waals surface area contributed by atoms with Gasteiger partial charge in [-0.15, -0.1) is 0 Å². The van der Waals surface area contributed by atoms with Crippen LogP contribution in [0, 0.1) is 17.2 Å². The second kappa shape index (κ2) is 6.36. The Labute approximate surface area is 128 Å².